The third kappa shape index (κ3) is 2.90. The van der Waals surface area contributed by atoms with Crippen molar-refractivity contribution in [3.05, 3.63) is 46.8 Å². The molecule has 0 radical (unpaired) electrons. The van der Waals surface area contributed by atoms with Gasteiger partial charge < -0.3 is 10.5 Å². The lowest BCUT2D eigenvalue weighted by Crippen LogP contribution is -1.99. The van der Waals surface area contributed by atoms with Gasteiger partial charge in [0.05, 0.1) is 12.8 Å². The summed E-state index contributed by atoms with van der Waals surface area (Å²) in [4.78, 5) is 5.72. The van der Waals surface area contributed by atoms with Crippen molar-refractivity contribution < 1.29 is 4.74 Å². The van der Waals surface area contributed by atoms with Crippen LogP contribution < -0.4 is 10.5 Å². The number of thioether (sulfide) groups is 1. The van der Waals surface area contributed by atoms with Gasteiger partial charge in [0.15, 0.2) is 0 Å². The molecule has 0 saturated heterocycles. The molecule has 2 aromatic rings. The average molecular weight is 288 g/mol. The molecule has 0 saturated carbocycles. The predicted octanol–water partition coefficient (Wildman–Crippen LogP) is 3.89. The van der Waals surface area contributed by atoms with Crippen LogP contribution in [-0.2, 0) is 5.75 Å². The van der Waals surface area contributed by atoms with Gasteiger partial charge in [0, 0.05) is 33.7 Å². The summed E-state index contributed by atoms with van der Waals surface area (Å²) in [5, 5.41) is 0. The number of nitrogens with two attached hydrogens (primary N) is 1. The topological polar surface area (TPSA) is 48.1 Å². The molecule has 0 amide bonds. The number of anilines is 1. The minimum absolute atomic E-state index is 0.812. The van der Waals surface area contributed by atoms with E-state index in [1.54, 1.807) is 18.9 Å². The van der Waals surface area contributed by atoms with E-state index in [9.17, 15) is 0 Å². The maximum absolute atomic E-state index is 5.94. The summed E-state index contributed by atoms with van der Waals surface area (Å²) >= 11 is 1.76. The van der Waals surface area contributed by atoms with Crippen LogP contribution in [-0.4, -0.2) is 12.1 Å². The SMILES string of the molecule is COc1c(C)cnc(CSc2cccc(N)c2C)c1C. The lowest BCUT2D eigenvalue weighted by Gasteiger charge is -2.13. The van der Waals surface area contributed by atoms with E-state index in [-0.39, 0.29) is 0 Å². The Morgan fingerprint density at radius 2 is 1.95 bits per heavy atom. The number of benzene rings is 1. The first-order chi connectivity index (χ1) is 9.54. The highest BCUT2D eigenvalue weighted by molar-refractivity contribution is 7.98. The summed E-state index contributed by atoms with van der Waals surface area (Å²) in [6.07, 6.45) is 1.87. The zero-order valence-electron chi connectivity index (χ0n) is 12.4. The summed E-state index contributed by atoms with van der Waals surface area (Å²) in [5.74, 6) is 1.74. The Morgan fingerprint density at radius 1 is 1.20 bits per heavy atom. The van der Waals surface area contributed by atoms with Crippen LogP contribution in [0, 0.1) is 20.8 Å². The highest BCUT2D eigenvalue weighted by atomic mass is 32.2. The van der Waals surface area contributed by atoms with E-state index in [1.165, 1.54) is 4.90 Å². The molecule has 106 valence electrons. The highest BCUT2D eigenvalue weighted by Crippen LogP contribution is 2.31. The fourth-order valence-electron chi connectivity index (χ4n) is 2.15. The van der Waals surface area contributed by atoms with Gasteiger partial charge in [-0.05, 0) is 38.5 Å². The van der Waals surface area contributed by atoms with Gasteiger partial charge in [-0.15, -0.1) is 11.8 Å². The molecule has 0 spiro atoms. The fraction of sp³-hybridized carbons (Fsp3) is 0.312. The van der Waals surface area contributed by atoms with Crippen molar-refractivity contribution in [1.82, 2.24) is 4.98 Å². The van der Waals surface area contributed by atoms with Crippen LogP contribution in [0.25, 0.3) is 0 Å². The maximum atomic E-state index is 5.94. The van der Waals surface area contributed by atoms with Gasteiger partial charge in [-0.25, -0.2) is 0 Å². The number of nitrogens with zero attached hydrogens (tertiary/aromatic N) is 1. The summed E-state index contributed by atoms with van der Waals surface area (Å²) in [5.41, 5.74) is 11.1. The Kier molecular flexibility index (Phi) is 4.55. The summed E-state index contributed by atoms with van der Waals surface area (Å²) in [6.45, 7) is 6.12. The molecule has 0 unspecified atom stereocenters. The van der Waals surface area contributed by atoms with Crippen molar-refractivity contribution in [1.29, 1.82) is 0 Å². The Hall–Kier alpha value is -1.68. The molecule has 4 heteroatoms. The van der Waals surface area contributed by atoms with Gasteiger partial charge >= 0.3 is 0 Å². The molecule has 1 heterocycles. The van der Waals surface area contributed by atoms with Crippen molar-refractivity contribution in [2.75, 3.05) is 12.8 Å². The molecule has 1 aromatic heterocycles. The molecule has 1 aromatic carbocycles. The number of ether oxygens (including phenoxy) is 1. The second kappa shape index (κ2) is 6.18. The lowest BCUT2D eigenvalue weighted by molar-refractivity contribution is 0.407. The molecular formula is C16H20N2OS. The Morgan fingerprint density at radius 3 is 2.65 bits per heavy atom. The lowest BCUT2D eigenvalue weighted by atomic mass is 10.1. The molecule has 20 heavy (non-hydrogen) atoms. The Balaban J connectivity index is 2.21. The van der Waals surface area contributed by atoms with Crippen LogP contribution in [0.3, 0.4) is 0 Å². The first-order valence-electron chi connectivity index (χ1n) is 6.51. The first kappa shape index (κ1) is 14.7. The molecule has 0 aliphatic heterocycles. The number of rotatable bonds is 4. The van der Waals surface area contributed by atoms with Gasteiger partial charge in [0.25, 0.3) is 0 Å². The van der Waals surface area contributed by atoms with Crippen molar-refractivity contribution >= 4 is 17.4 Å². The second-order valence-corrected chi connectivity index (χ2v) is 5.82. The number of aryl methyl sites for hydroxylation is 1. The second-order valence-electron chi connectivity index (χ2n) is 4.81. The smallest absolute Gasteiger partial charge is 0.128 e. The van der Waals surface area contributed by atoms with Gasteiger partial charge in [-0.3, -0.25) is 4.98 Å². The molecule has 2 rings (SSSR count). The molecule has 2 N–H and O–H groups in total. The molecule has 0 atom stereocenters. The monoisotopic (exact) mass is 288 g/mol. The van der Waals surface area contributed by atoms with Gasteiger partial charge in [0.1, 0.15) is 5.75 Å². The average Bonchev–Trinajstić information content (AvgIpc) is 2.43. The molecule has 3 nitrogen and oxygen atoms in total. The summed E-state index contributed by atoms with van der Waals surface area (Å²) in [6, 6.07) is 6.01. The third-order valence-corrected chi connectivity index (χ3v) is 4.61. The fourth-order valence-corrected chi connectivity index (χ4v) is 3.24. The van der Waals surface area contributed by atoms with Crippen molar-refractivity contribution in [2.45, 2.75) is 31.4 Å². The van der Waals surface area contributed by atoms with E-state index in [2.05, 4.69) is 18.0 Å². The van der Waals surface area contributed by atoms with Crippen LogP contribution in [0.5, 0.6) is 5.75 Å². The van der Waals surface area contributed by atoms with E-state index in [0.29, 0.717) is 0 Å². The first-order valence-corrected chi connectivity index (χ1v) is 7.50. The van der Waals surface area contributed by atoms with E-state index in [0.717, 1.165) is 39.6 Å². The van der Waals surface area contributed by atoms with Gasteiger partial charge in [-0.1, -0.05) is 6.07 Å². The van der Waals surface area contributed by atoms with E-state index >= 15 is 0 Å². The van der Waals surface area contributed by atoms with Crippen LogP contribution in [0.4, 0.5) is 5.69 Å². The summed E-state index contributed by atoms with van der Waals surface area (Å²) in [7, 11) is 1.70. The Labute approximate surface area is 124 Å². The van der Waals surface area contributed by atoms with Crippen LogP contribution in [0.1, 0.15) is 22.4 Å². The molecule has 0 aliphatic carbocycles. The van der Waals surface area contributed by atoms with E-state index < -0.39 is 0 Å². The number of aromatic nitrogens is 1. The van der Waals surface area contributed by atoms with Gasteiger partial charge in [0.2, 0.25) is 0 Å². The predicted molar refractivity (Wildman–Crippen MR) is 85.4 cm³/mol. The largest absolute Gasteiger partial charge is 0.496 e. The minimum atomic E-state index is 0.812. The van der Waals surface area contributed by atoms with Gasteiger partial charge in [-0.2, -0.15) is 0 Å². The van der Waals surface area contributed by atoms with Crippen molar-refractivity contribution in [3.8, 4) is 5.75 Å². The number of nitrogen functional groups attached to an aromatic ring is 1. The van der Waals surface area contributed by atoms with Crippen LogP contribution in [0.15, 0.2) is 29.3 Å². The minimum Gasteiger partial charge on any atom is -0.496 e. The van der Waals surface area contributed by atoms with Crippen LogP contribution in [0.2, 0.25) is 0 Å². The molecule has 0 bridgehead atoms. The van der Waals surface area contributed by atoms with Crippen molar-refractivity contribution in [2.24, 2.45) is 0 Å². The standard InChI is InChI=1S/C16H20N2OS/c1-10-8-18-14(12(3)16(10)19-4)9-20-15-7-5-6-13(17)11(15)2/h5-8H,9,17H2,1-4H3. The van der Waals surface area contributed by atoms with Crippen LogP contribution >= 0.6 is 11.8 Å². The van der Waals surface area contributed by atoms with Crippen molar-refractivity contribution in [3.63, 3.8) is 0 Å². The zero-order valence-corrected chi connectivity index (χ0v) is 13.2. The molecular weight excluding hydrogens is 268 g/mol. The Bertz CT molecular complexity index is 626. The number of methoxy groups -OCH3 is 1. The highest BCUT2D eigenvalue weighted by Gasteiger charge is 2.10. The quantitative estimate of drug-likeness (QED) is 0.685. The number of hydrogen-bond acceptors (Lipinski definition) is 4. The normalized spacial score (nSPS) is 10.6. The third-order valence-electron chi connectivity index (χ3n) is 3.44. The van der Waals surface area contributed by atoms with E-state index in [1.807, 2.05) is 32.2 Å². The number of pyridine rings is 1. The zero-order chi connectivity index (χ0) is 14.7. The summed E-state index contributed by atoms with van der Waals surface area (Å²) < 4.78 is 5.44. The maximum Gasteiger partial charge on any atom is 0.128 e. The number of hydrogen-bond donors (Lipinski definition) is 1. The van der Waals surface area contributed by atoms with E-state index in [4.69, 9.17) is 10.5 Å². The molecule has 0 fully saturated rings. The molecule has 0 aliphatic rings.